The van der Waals surface area contributed by atoms with E-state index in [1.165, 1.54) is 24.6 Å². The van der Waals surface area contributed by atoms with Crippen LogP contribution in [0.3, 0.4) is 0 Å². The standard InChI is InChI=1S/C14H26P2/c1-11-7-15(5)9-13(3)14(4)10-16(6)8-12(11)2/h7-10H2,1-6H3/b12-11-,14-13-. The third-order valence-electron chi connectivity index (χ3n) is 3.49. The van der Waals surface area contributed by atoms with Crippen molar-refractivity contribution in [2.45, 2.75) is 27.7 Å². The van der Waals surface area contributed by atoms with Crippen LogP contribution in [0.5, 0.6) is 0 Å². The molecule has 0 atom stereocenters. The zero-order valence-electron chi connectivity index (χ0n) is 11.7. The minimum Gasteiger partial charge on any atom is -0.102 e. The normalized spacial score (nSPS) is 38.6. The second kappa shape index (κ2) is 6.32. The molecular formula is C14H26P2. The first-order chi connectivity index (χ1) is 7.40. The molecule has 0 aromatic carbocycles. The van der Waals surface area contributed by atoms with Gasteiger partial charge in [-0.15, -0.1) is 15.8 Å². The summed E-state index contributed by atoms with van der Waals surface area (Å²) >= 11 is 0. The van der Waals surface area contributed by atoms with Crippen LogP contribution in [0.2, 0.25) is 0 Å². The zero-order valence-corrected chi connectivity index (χ0v) is 13.5. The maximum Gasteiger partial charge on any atom is -0.0114 e. The molecule has 1 aliphatic rings. The van der Waals surface area contributed by atoms with Crippen LogP contribution in [0, 0.1) is 0 Å². The van der Waals surface area contributed by atoms with Gasteiger partial charge in [0.2, 0.25) is 0 Å². The van der Waals surface area contributed by atoms with E-state index in [-0.39, 0.29) is 15.8 Å². The summed E-state index contributed by atoms with van der Waals surface area (Å²) in [7, 11) is 0.362. The number of hydrogen-bond acceptors (Lipinski definition) is 0. The molecule has 0 aromatic rings. The van der Waals surface area contributed by atoms with Crippen LogP contribution >= 0.6 is 15.8 Å². The second-order valence-corrected chi connectivity index (χ2v) is 10.2. The molecule has 0 nitrogen and oxygen atoms in total. The molecular weight excluding hydrogens is 230 g/mol. The lowest BCUT2D eigenvalue weighted by Crippen LogP contribution is -2.03. The lowest BCUT2D eigenvalue weighted by Gasteiger charge is -2.22. The van der Waals surface area contributed by atoms with Crippen molar-refractivity contribution in [2.24, 2.45) is 0 Å². The molecule has 0 aromatic heterocycles. The molecule has 1 heterocycles. The van der Waals surface area contributed by atoms with E-state index in [2.05, 4.69) is 41.0 Å². The first-order valence-corrected chi connectivity index (χ1v) is 10.4. The summed E-state index contributed by atoms with van der Waals surface area (Å²) in [5.74, 6) is 0. The van der Waals surface area contributed by atoms with Crippen LogP contribution < -0.4 is 0 Å². The van der Waals surface area contributed by atoms with Crippen LogP contribution in [0.15, 0.2) is 22.3 Å². The molecule has 0 N–H and O–H groups in total. The second-order valence-electron chi connectivity index (χ2n) is 5.47. The Kier molecular flexibility index (Phi) is 5.69. The zero-order chi connectivity index (χ0) is 12.3. The molecule has 2 heteroatoms. The van der Waals surface area contributed by atoms with E-state index >= 15 is 0 Å². The Morgan fingerprint density at radius 1 is 0.562 bits per heavy atom. The van der Waals surface area contributed by atoms with Gasteiger partial charge in [-0.05, 0) is 65.7 Å². The lowest BCUT2D eigenvalue weighted by atomic mass is 10.2. The van der Waals surface area contributed by atoms with Gasteiger partial charge in [0.05, 0.1) is 0 Å². The fraction of sp³-hybridized carbons (Fsp3) is 0.714. The molecule has 92 valence electrons. The van der Waals surface area contributed by atoms with Gasteiger partial charge in [-0.2, -0.15) is 0 Å². The minimum atomic E-state index is 0.181. The monoisotopic (exact) mass is 256 g/mol. The molecule has 0 amide bonds. The van der Waals surface area contributed by atoms with Crippen molar-refractivity contribution in [3.05, 3.63) is 22.3 Å². The van der Waals surface area contributed by atoms with E-state index < -0.39 is 0 Å². The molecule has 1 rings (SSSR count). The van der Waals surface area contributed by atoms with Gasteiger partial charge in [-0.1, -0.05) is 22.3 Å². The van der Waals surface area contributed by atoms with Gasteiger partial charge in [0.25, 0.3) is 0 Å². The van der Waals surface area contributed by atoms with Crippen molar-refractivity contribution in [3.8, 4) is 0 Å². The summed E-state index contributed by atoms with van der Waals surface area (Å²) in [4.78, 5) is 0. The Hall–Kier alpha value is 0.340. The van der Waals surface area contributed by atoms with Crippen molar-refractivity contribution in [1.29, 1.82) is 0 Å². The van der Waals surface area contributed by atoms with Crippen molar-refractivity contribution in [2.75, 3.05) is 38.0 Å². The fourth-order valence-corrected chi connectivity index (χ4v) is 6.81. The van der Waals surface area contributed by atoms with E-state index in [0.29, 0.717) is 0 Å². The maximum atomic E-state index is 2.46. The molecule has 0 radical (unpaired) electrons. The van der Waals surface area contributed by atoms with E-state index in [4.69, 9.17) is 0 Å². The van der Waals surface area contributed by atoms with Gasteiger partial charge < -0.3 is 0 Å². The van der Waals surface area contributed by atoms with E-state index in [1.54, 1.807) is 22.3 Å². The Morgan fingerprint density at radius 2 is 0.750 bits per heavy atom. The highest BCUT2D eigenvalue weighted by Gasteiger charge is 2.13. The van der Waals surface area contributed by atoms with Crippen molar-refractivity contribution in [3.63, 3.8) is 0 Å². The Balaban J connectivity index is 2.89. The smallest absolute Gasteiger partial charge is 0.0114 e. The Bertz CT molecular complexity index is 253. The van der Waals surface area contributed by atoms with Crippen LogP contribution in [-0.4, -0.2) is 38.0 Å². The van der Waals surface area contributed by atoms with Crippen molar-refractivity contribution < 1.29 is 0 Å². The molecule has 0 fully saturated rings. The molecule has 1 aliphatic heterocycles. The predicted octanol–water partition coefficient (Wildman–Crippen LogP) is 4.90. The Labute approximate surface area is 104 Å². The number of allylic oxidation sites excluding steroid dienone is 4. The summed E-state index contributed by atoms with van der Waals surface area (Å²) in [6, 6.07) is 0. The number of hydrogen-bond donors (Lipinski definition) is 0. The summed E-state index contributed by atoms with van der Waals surface area (Å²) in [5.41, 5.74) is 6.70. The van der Waals surface area contributed by atoms with Gasteiger partial charge in [-0.3, -0.25) is 0 Å². The number of rotatable bonds is 0. The van der Waals surface area contributed by atoms with Gasteiger partial charge in [0.15, 0.2) is 0 Å². The van der Waals surface area contributed by atoms with Gasteiger partial charge >= 0.3 is 0 Å². The first-order valence-electron chi connectivity index (χ1n) is 6.07. The SMILES string of the molecule is C/C1=C(\C)CP(C)C/C(C)=C(/C)CP(C)C1. The van der Waals surface area contributed by atoms with Gasteiger partial charge in [0, 0.05) is 0 Å². The minimum absolute atomic E-state index is 0.181. The lowest BCUT2D eigenvalue weighted by molar-refractivity contribution is 1.19. The van der Waals surface area contributed by atoms with Crippen LogP contribution in [-0.2, 0) is 0 Å². The average molecular weight is 256 g/mol. The highest BCUT2D eigenvalue weighted by molar-refractivity contribution is 7.58. The topological polar surface area (TPSA) is 0 Å². The van der Waals surface area contributed by atoms with Crippen LogP contribution in [0.4, 0.5) is 0 Å². The van der Waals surface area contributed by atoms with E-state index in [1.807, 2.05) is 0 Å². The molecule has 0 saturated carbocycles. The molecule has 0 aliphatic carbocycles. The van der Waals surface area contributed by atoms with Crippen molar-refractivity contribution >= 4 is 15.8 Å². The summed E-state index contributed by atoms with van der Waals surface area (Å²) in [5, 5.41) is 0. The average Bonchev–Trinajstić information content (AvgIpc) is 2.15. The van der Waals surface area contributed by atoms with Gasteiger partial charge in [0.1, 0.15) is 0 Å². The van der Waals surface area contributed by atoms with Crippen molar-refractivity contribution in [1.82, 2.24) is 0 Å². The molecule has 0 spiro atoms. The summed E-state index contributed by atoms with van der Waals surface area (Å²) < 4.78 is 0. The predicted molar refractivity (Wildman–Crippen MR) is 81.9 cm³/mol. The Morgan fingerprint density at radius 3 is 0.938 bits per heavy atom. The molecule has 16 heavy (non-hydrogen) atoms. The quantitative estimate of drug-likeness (QED) is 0.427. The van der Waals surface area contributed by atoms with E-state index in [9.17, 15) is 0 Å². The largest absolute Gasteiger partial charge is 0.102 e. The van der Waals surface area contributed by atoms with Crippen LogP contribution in [0.25, 0.3) is 0 Å². The highest BCUT2D eigenvalue weighted by Crippen LogP contribution is 2.42. The third-order valence-corrected chi connectivity index (χ3v) is 7.54. The molecule has 0 saturated heterocycles. The molecule has 0 unspecified atom stereocenters. The fourth-order valence-electron chi connectivity index (χ4n) is 2.27. The highest BCUT2D eigenvalue weighted by atomic mass is 31.1. The maximum absolute atomic E-state index is 2.46. The third kappa shape index (κ3) is 4.31. The summed E-state index contributed by atoms with van der Waals surface area (Å²) in [6.45, 7) is 14.3. The molecule has 0 bridgehead atoms. The van der Waals surface area contributed by atoms with E-state index in [0.717, 1.165) is 0 Å². The van der Waals surface area contributed by atoms with Gasteiger partial charge in [-0.25, -0.2) is 0 Å². The first kappa shape index (κ1) is 14.4. The van der Waals surface area contributed by atoms with Crippen LogP contribution in [0.1, 0.15) is 27.7 Å². The summed E-state index contributed by atoms with van der Waals surface area (Å²) in [6.07, 6.45) is 5.42.